The molecule has 0 saturated heterocycles. The summed E-state index contributed by atoms with van der Waals surface area (Å²) in [6.45, 7) is 0. The van der Waals surface area contributed by atoms with Gasteiger partial charge in [0.15, 0.2) is 0 Å². The Morgan fingerprint density at radius 2 is 1.70 bits per heavy atom. The summed E-state index contributed by atoms with van der Waals surface area (Å²) in [5.74, 6) is -0.171. The molecule has 0 fully saturated rings. The van der Waals surface area contributed by atoms with E-state index in [2.05, 4.69) is 17.4 Å². The van der Waals surface area contributed by atoms with Gasteiger partial charge in [0.1, 0.15) is 0 Å². The highest BCUT2D eigenvalue weighted by Crippen LogP contribution is 2.24. The Hall–Kier alpha value is -1.51. The molecule has 1 amide bonds. The van der Waals surface area contributed by atoms with E-state index in [1.54, 1.807) is 18.2 Å². The first-order valence-electron chi connectivity index (χ1n) is 6.46. The molecule has 102 valence electrons. The lowest BCUT2D eigenvalue weighted by atomic mass is 10.1. The number of halogens is 2. The van der Waals surface area contributed by atoms with Gasteiger partial charge in [-0.25, -0.2) is 0 Å². The smallest absolute Gasteiger partial charge is 0.253 e. The zero-order valence-electron chi connectivity index (χ0n) is 10.7. The molecule has 4 heteroatoms. The van der Waals surface area contributed by atoms with E-state index in [0.717, 1.165) is 12.8 Å². The summed E-state index contributed by atoms with van der Waals surface area (Å²) in [5.41, 5.74) is 3.03. The van der Waals surface area contributed by atoms with Gasteiger partial charge in [-0.05, 0) is 42.2 Å². The molecule has 1 aliphatic rings. The number of rotatable bonds is 2. The molecule has 0 aliphatic heterocycles. The van der Waals surface area contributed by atoms with Crippen LogP contribution in [-0.4, -0.2) is 11.9 Å². The van der Waals surface area contributed by atoms with Crippen molar-refractivity contribution in [3.8, 4) is 0 Å². The third kappa shape index (κ3) is 2.67. The van der Waals surface area contributed by atoms with Gasteiger partial charge in [0.05, 0.1) is 10.6 Å². The van der Waals surface area contributed by atoms with Crippen molar-refractivity contribution in [2.45, 2.75) is 18.9 Å². The van der Waals surface area contributed by atoms with Crippen LogP contribution in [0.1, 0.15) is 21.5 Å². The molecule has 0 saturated carbocycles. The van der Waals surface area contributed by atoms with E-state index >= 15 is 0 Å². The van der Waals surface area contributed by atoms with Crippen molar-refractivity contribution in [3.05, 3.63) is 69.2 Å². The van der Waals surface area contributed by atoms with Crippen LogP contribution >= 0.6 is 23.2 Å². The molecule has 0 heterocycles. The van der Waals surface area contributed by atoms with Crippen molar-refractivity contribution in [3.63, 3.8) is 0 Å². The van der Waals surface area contributed by atoms with Crippen molar-refractivity contribution in [2.75, 3.05) is 0 Å². The summed E-state index contributed by atoms with van der Waals surface area (Å²) in [7, 11) is 0. The summed E-state index contributed by atoms with van der Waals surface area (Å²) < 4.78 is 0. The van der Waals surface area contributed by atoms with Gasteiger partial charge in [-0.1, -0.05) is 47.5 Å². The lowest BCUT2D eigenvalue weighted by Gasteiger charge is -2.13. The second-order valence-electron chi connectivity index (χ2n) is 4.97. The van der Waals surface area contributed by atoms with Crippen LogP contribution in [0, 0.1) is 0 Å². The molecular weight excluding hydrogens is 293 g/mol. The summed E-state index contributed by atoms with van der Waals surface area (Å²) >= 11 is 12.0. The number of hydrogen-bond donors (Lipinski definition) is 1. The van der Waals surface area contributed by atoms with Crippen molar-refractivity contribution < 1.29 is 4.79 Å². The molecule has 3 rings (SSSR count). The van der Waals surface area contributed by atoms with Gasteiger partial charge in [-0.2, -0.15) is 0 Å². The van der Waals surface area contributed by atoms with Gasteiger partial charge in [-0.15, -0.1) is 0 Å². The van der Waals surface area contributed by atoms with Crippen LogP contribution < -0.4 is 5.32 Å². The Labute approximate surface area is 127 Å². The van der Waals surface area contributed by atoms with Crippen LogP contribution in [0.5, 0.6) is 0 Å². The second-order valence-corrected chi connectivity index (χ2v) is 5.82. The molecule has 0 bridgehead atoms. The molecule has 1 aliphatic carbocycles. The van der Waals surface area contributed by atoms with Crippen LogP contribution in [0.15, 0.2) is 42.5 Å². The van der Waals surface area contributed by atoms with Crippen LogP contribution in [0.2, 0.25) is 10.0 Å². The maximum Gasteiger partial charge on any atom is 0.253 e. The maximum absolute atomic E-state index is 12.3. The van der Waals surface area contributed by atoms with Gasteiger partial charge >= 0.3 is 0 Å². The third-order valence-corrected chi connectivity index (χ3v) is 4.12. The normalized spacial score (nSPS) is 14.1. The topological polar surface area (TPSA) is 29.1 Å². The summed E-state index contributed by atoms with van der Waals surface area (Å²) in [4.78, 5) is 12.3. The molecule has 2 nitrogen and oxygen atoms in total. The number of carbonyl (C=O) groups is 1. The fraction of sp³-hybridized carbons (Fsp3) is 0.188. The zero-order valence-corrected chi connectivity index (χ0v) is 12.2. The SMILES string of the molecule is O=C(NC1Cc2ccccc2C1)c1cc(Cl)ccc1Cl. The average molecular weight is 306 g/mol. The fourth-order valence-electron chi connectivity index (χ4n) is 2.60. The number of fused-ring (bicyclic) bond motifs is 1. The van der Waals surface area contributed by atoms with Crippen molar-refractivity contribution in [1.29, 1.82) is 0 Å². The van der Waals surface area contributed by atoms with Crippen LogP contribution in [0.3, 0.4) is 0 Å². The highest BCUT2D eigenvalue weighted by molar-refractivity contribution is 6.35. The molecule has 1 N–H and O–H groups in total. The largest absolute Gasteiger partial charge is 0.349 e. The van der Waals surface area contributed by atoms with E-state index in [9.17, 15) is 4.79 Å². The fourth-order valence-corrected chi connectivity index (χ4v) is 2.97. The van der Waals surface area contributed by atoms with Gasteiger partial charge in [0, 0.05) is 11.1 Å². The average Bonchev–Trinajstić information content (AvgIpc) is 2.83. The number of carbonyl (C=O) groups excluding carboxylic acids is 1. The highest BCUT2D eigenvalue weighted by Gasteiger charge is 2.23. The quantitative estimate of drug-likeness (QED) is 0.896. The summed E-state index contributed by atoms with van der Waals surface area (Å²) in [5, 5.41) is 3.96. The molecule has 20 heavy (non-hydrogen) atoms. The molecule has 2 aromatic carbocycles. The van der Waals surface area contributed by atoms with E-state index < -0.39 is 0 Å². The number of benzene rings is 2. The van der Waals surface area contributed by atoms with Crippen molar-refractivity contribution >= 4 is 29.1 Å². The van der Waals surface area contributed by atoms with Crippen molar-refractivity contribution in [2.24, 2.45) is 0 Å². The van der Waals surface area contributed by atoms with Crippen LogP contribution in [0.25, 0.3) is 0 Å². The van der Waals surface area contributed by atoms with Crippen molar-refractivity contribution in [1.82, 2.24) is 5.32 Å². The number of amides is 1. The zero-order chi connectivity index (χ0) is 14.1. The molecule has 0 spiro atoms. The molecule has 0 radical (unpaired) electrons. The molecule has 2 aromatic rings. The van der Waals surface area contributed by atoms with Gasteiger partial charge in [-0.3, -0.25) is 4.79 Å². The van der Waals surface area contributed by atoms with Crippen LogP contribution in [-0.2, 0) is 12.8 Å². The lowest BCUT2D eigenvalue weighted by Crippen LogP contribution is -2.35. The highest BCUT2D eigenvalue weighted by atomic mass is 35.5. The standard InChI is InChI=1S/C16H13Cl2NO/c17-12-5-6-15(18)14(9-12)16(20)19-13-7-10-3-1-2-4-11(10)8-13/h1-6,9,13H,7-8H2,(H,19,20). The van der Waals surface area contributed by atoms with E-state index in [1.165, 1.54) is 11.1 Å². The van der Waals surface area contributed by atoms with Crippen LogP contribution in [0.4, 0.5) is 0 Å². The monoisotopic (exact) mass is 305 g/mol. The predicted octanol–water partition coefficient (Wildman–Crippen LogP) is 3.89. The van der Waals surface area contributed by atoms with Gasteiger partial charge in [0.2, 0.25) is 0 Å². The Balaban J connectivity index is 1.74. The Kier molecular flexibility index (Phi) is 3.68. The van der Waals surface area contributed by atoms with E-state index in [0.29, 0.717) is 15.6 Å². The van der Waals surface area contributed by atoms with Gasteiger partial charge < -0.3 is 5.32 Å². The Morgan fingerprint density at radius 3 is 2.35 bits per heavy atom. The Bertz CT molecular complexity index is 644. The van der Waals surface area contributed by atoms with Gasteiger partial charge in [0.25, 0.3) is 5.91 Å². The molecular formula is C16H13Cl2NO. The predicted molar refractivity (Wildman–Crippen MR) is 81.6 cm³/mol. The molecule has 0 aromatic heterocycles. The number of hydrogen-bond acceptors (Lipinski definition) is 1. The Morgan fingerprint density at radius 1 is 1.05 bits per heavy atom. The van der Waals surface area contributed by atoms with E-state index in [4.69, 9.17) is 23.2 Å². The van der Waals surface area contributed by atoms with E-state index in [-0.39, 0.29) is 11.9 Å². The molecule has 0 unspecified atom stereocenters. The summed E-state index contributed by atoms with van der Waals surface area (Å²) in [6, 6.07) is 13.3. The minimum atomic E-state index is -0.171. The summed E-state index contributed by atoms with van der Waals surface area (Å²) in [6.07, 6.45) is 1.72. The van der Waals surface area contributed by atoms with E-state index in [1.807, 2.05) is 12.1 Å². The first kappa shape index (κ1) is 13.5. The number of nitrogens with one attached hydrogen (secondary N) is 1. The third-order valence-electron chi connectivity index (χ3n) is 3.56. The first-order chi connectivity index (χ1) is 9.63. The second kappa shape index (κ2) is 5.47. The first-order valence-corrected chi connectivity index (χ1v) is 7.22. The maximum atomic E-state index is 12.3. The minimum Gasteiger partial charge on any atom is -0.349 e. The minimum absolute atomic E-state index is 0.120. The molecule has 0 atom stereocenters. The lowest BCUT2D eigenvalue weighted by molar-refractivity contribution is 0.0939.